The molecule has 2 fully saturated rings. The molecule has 0 aromatic heterocycles. The van der Waals surface area contributed by atoms with Gasteiger partial charge in [-0.25, -0.2) is 0 Å². The molecule has 0 aliphatic carbocycles. The van der Waals surface area contributed by atoms with Gasteiger partial charge in [-0.1, -0.05) is 13.8 Å². The normalized spacial score (nSPS) is 25.6. The summed E-state index contributed by atoms with van der Waals surface area (Å²) in [7, 11) is 1.48. The Morgan fingerprint density at radius 1 is 1.22 bits per heavy atom. The van der Waals surface area contributed by atoms with Gasteiger partial charge in [0.05, 0.1) is 26.2 Å². The van der Waals surface area contributed by atoms with Crippen LogP contribution in [0.1, 0.15) is 26.7 Å². The molecule has 0 saturated carbocycles. The van der Waals surface area contributed by atoms with E-state index in [0.29, 0.717) is 19.1 Å². The average Bonchev–Trinajstić information content (AvgIpc) is 2.33. The van der Waals surface area contributed by atoms with Crippen molar-refractivity contribution in [2.45, 2.75) is 26.7 Å². The smallest absolute Gasteiger partial charge is 0.309 e. The van der Waals surface area contributed by atoms with Crippen LogP contribution in [0.25, 0.3) is 0 Å². The van der Waals surface area contributed by atoms with Gasteiger partial charge in [-0.05, 0) is 24.7 Å². The van der Waals surface area contributed by atoms with Crippen molar-refractivity contribution in [3.05, 3.63) is 0 Å². The largest absolute Gasteiger partial charge is 0.469 e. The molecule has 0 bridgehead atoms. The number of carbonyl (C=O) groups excluding carboxylic acids is 1. The predicted octanol–water partition coefficient (Wildman–Crippen LogP) is 1.87. The molecule has 0 radical (unpaired) electrons. The summed E-state index contributed by atoms with van der Waals surface area (Å²) in [6.07, 6.45) is 2.06. The van der Waals surface area contributed by atoms with Gasteiger partial charge in [-0.15, -0.1) is 0 Å². The second-order valence-corrected chi connectivity index (χ2v) is 5.86. The van der Waals surface area contributed by atoms with Gasteiger partial charge in [-0.3, -0.25) is 4.79 Å². The Kier molecular flexibility index (Phi) is 4.28. The van der Waals surface area contributed by atoms with Crippen LogP contribution in [0.2, 0.25) is 0 Å². The Balaban J connectivity index is 2.20. The van der Waals surface area contributed by atoms with Crippen LogP contribution < -0.4 is 0 Å². The van der Waals surface area contributed by atoms with E-state index in [1.807, 2.05) is 0 Å². The Labute approximate surface area is 109 Å². The molecular weight excluding hydrogens is 232 g/mol. The molecule has 2 saturated heterocycles. The number of hydrogen-bond donors (Lipinski definition) is 0. The Bertz CT molecular complexity index is 290. The fourth-order valence-corrected chi connectivity index (χ4v) is 3.58. The van der Waals surface area contributed by atoms with Crippen LogP contribution in [-0.2, 0) is 19.0 Å². The lowest BCUT2D eigenvalue weighted by molar-refractivity contribution is -0.211. The van der Waals surface area contributed by atoms with Crippen molar-refractivity contribution in [2.24, 2.45) is 23.2 Å². The molecular formula is C14H24O4. The number of methoxy groups -OCH3 is 1. The second kappa shape index (κ2) is 5.57. The van der Waals surface area contributed by atoms with Crippen molar-refractivity contribution in [3.63, 3.8) is 0 Å². The topological polar surface area (TPSA) is 44.8 Å². The summed E-state index contributed by atoms with van der Waals surface area (Å²) < 4.78 is 15.9. The van der Waals surface area contributed by atoms with E-state index in [-0.39, 0.29) is 23.2 Å². The van der Waals surface area contributed by atoms with Gasteiger partial charge in [0.1, 0.15) is 0 Å². The Hall–Kier alpha value is -0.610. The average molecular weight is 256 g/mol. The molecule has 0 aromatic rings. The van der Waals surface area contributed by atoms with Crippen LogP contribution >= 0.6 is 0 Å². The highest BCUT2D eigenvalue weighted by Crippen LogP contribution is 2.49. The van der Waals surface area contributed by atoms with E-state index in [1.54, 1.807) is 0 Å². The molecule has 0 amide bonds. The Morgan fingerprint density at radius 2 is 1.83 bits per heavy atom. The SMILES string of the molecule is COC(=O)C(C(C)C)C1(C2CCOCC2)COC1. The molecule has 2 aliphatic rings. The molecule has 4 heteroatoms. The third-order valence-electron chi connectivity index (χ3n) is 4.52. The van der Waals surface area contributed by atoms with E-state index in [2.05, 4.69) is 13.8 Å². The maximum Gasteiger partial charge on any atom is 0.309 e. The third kappa shape index (κ3) is 2.28. The molecule has 0 N–H and O–H groups in total. The Morgan fingerprint density at radius 3 is 2.22 bits per heavy atom. The van der Waals surface area contributed by atoms with Gasteiger partial charge in [0.15, 0.2) is 0 Å². The minimum atomic E-state index is -0.0835. The maximum atomic E-state index is 12.1. The van der Waals surface area contributed by atoms with E-state index >= 15 is 0 Å². The number of rotatable bonds is 4. The molecule has 2 heterocycles. The van der Waals surface area contributed by atoms with Crippen molar-refractivity contribution in [1.82, 2.24) is 0 Å². The number of ether oxygens (including phenoxy) is 3. The number of hydrogen-bond acceptors (Lipinski definition) is 4. The minimum Gasteiger partial charge on any atom is -0.469 e. The fourth-order valence-electron chi connectivity index (χ4n) is 3.58. The van der Waals surface area contributed by atoms with E-state index in [0.717, 1.165) is 26.1 Å². The third-order valence-corrected chi connectivity index (χ3v) is 4.52. The molecule has 2 aliphatic heterocycles. The van der Waals surface area contributed by atoms with Crippen LogP contribution in [0.4, 0.5) is 0 Å². The summed E-state index contributed by atoms with van der Waals surface area (Å²) in [6, 6.07) is 0. The zero-order valence-corrected chi connectivity index (χ0v) is 11.6. The molecule has 18 heavy (non-hydrogen) atoms. The highest BCUT2D eigenvalue weighted by molar-refractivity contribution is 5.74. The van der Waals surface area contributed by atoms with Gasteiger partial charge >= 0.3 is 5.97 Å². The first kappa shape index (κ1) is 13.8. The maximum absolute atomic E-state index is 12.1. The lowest BCUT2D eigenvalue weighted by Gasteiger charge is -2.53. The summed E-state index contributed by atoms with van der Waals surface area (Å²) in [5, 5.41) is 0. The quantitative estimate of drug-likeness (QED) is 0.720. The monoisotopic (exact) mass is 256 g/mol. The van der Waals surface area contributed by atoms with Crippen LogP contribution in [0.15, 0.2) is 0 Å². The van der Waals surface area contributed by atoms with Gasteiger partial charge in [0.2, 0.25) is 0 Å². The van der Waals surface area contributed by atoms with Crippen LogP contribution in [-0.4, -0.2) is 39.5 Å². The highest BCUT2D eigenvalue weighted by atomic mass is 16.5. The van der Waals surface area contributed by atoms with Crippen LogP contribution in [0.3, 0.4) is 0 Å². The second-order valence-electron chi connectivity index (χ2n) is 5.86. The van der Waals surface area contributed by atoms with Gasteiger partial charge in [-0.2, -0.15) is 0 Å². The van der Waals surface area contributed by atoms with Crippen molar-refractivity contribution >= 4 is 5.97 Å². The lowest BCUT2D eigenvalue weighted by atomic mass is 9.59. The van der Waals surface area contributed by atoms with Crippen molar-refractivity contribution in [1.29, 1.82) is 0 Å². The first-order valence-electron chi connectivity index (χ1n) is 6.85. The molecule has 2 rings (SSSR count). The zero-order chi connectivity index (χ0) is 13.2. The summed E-state index contributed by atoms with van der Waals surface area (Å²) >= 11 is 0. The van der Waals surface area contributed by atoms with E-state index in [4.69, 9.17) is 14.2 Å². The molecule has 0 spiro atoms. The predicted molar refractivity (Wildman–Crippen MR) is 67.1 cm³/mol. The highest BCUT2D eigenvalue weighted by Gasteiger charge is 2.55. The first-order valence-corrected chi connectivity index (χ1v) is 6.85. The van der Waals surface area contributed by atoms with E-state index in [1.165, 1.54) is 7.11 Å². The number of esters is 1. The van der Waals surface area contributed by atoms with E-state index < -0.39 is 0 Å². The summed E-state index contributed by atoms with van der Waals surface area (Å²) in [4.78, 5) is 12.1. The summed E-state index contributed by atoms with van der Waals surface area (Å²) in [6.45, 7) is 7.18. The van der Waals surface area contributed by atoms with Gasteiger partial charge in [0.25, 0.3) is 0 Å². The summed E-state index contributed by atoms with van der Waals surface area (Å²) in [5.41, 5.74) is -0.0228. The van der Waals surface area contributed by atoms with E-state index in [9.17, 15) is 4.79 Å². The number of carbonyl (C=O) groups is 1. The molecule has 1 unspecified atom stereocenters. The van der Waals surface area contributed by atoms with Crippen LogP contribution in [0.5, 0.6) is 0 Å². The van der Waals surface area contributed by atoms with Crippen molar-refractivity contribution < 1.29 is 19.0 Å². The molecule has 1 atom stereocenters. The fraction of sp³-hybridized carbons (Fsp3) is 0.929. The zero-order valence-electron chi connectivity index (χ0n) is 11.6. The lowest BCUT2D eigenvalue weighted by Crippen LogP contribution is -2.58. The van der Waals surface area contributed by atoms with Crippen molar-refractivity contribution in [2.75, 3.05) is 33.5 Å². The van der Waals surface area contributed by atoms with Gasteiger partial charge in [0, 0.05) is 18.6 Å². The van der Waals surface area contributed by atoms with Crippen molar-refractivity contribution in [3.8, 4) is 0 Å². The first-order chi connectivity index (χ1) is 8.62. The van der Waals surface area contributed by atoms with Gasteiger partial charge < -0.3 is 14.2 Å². The van der Waals surface area contributed by atoms with Crippen LogP contribution in [0, 0.1) is 23.2 Å². The standard InChI is InChI=1S/C14H24O4/c1-10(2)12(13(15)16-3)14(8-18-9-14)11-4-6-17-7-5-11/h10-12H,4-9H2,1-3H3. The summed E-state index contributed by atoms with van der Waals surface area (Å²) in [5.74, 6) is 0.662. The minimum absolute atomic E-state index is 0.0228. The molecule has 0 aromatic carbocycles. The molecule has 4 nitrogen and oxygen atoms in total. The molecule has 104 valence electrons.